The van der Waals surface area contributed by atoms with Crippen molar-refractivity contribution in [2.24, 2.45) is 0 Å². The molecule has 1 heterocycles. The van der Waals surface area contributed by atoms with Crippen molar-refractivity contribution >= 4 is 34.9 Å². The van der Waals surface area contributed by atoms with Gasteiger partial charge in [0.15, 0.2) is 5.78 Å². The summed E-state index contributed by atoms with van der Waals surface area (Å²) in [7, 11) is 0. The van der Waals surface area contributed by atoms with E-state index in [1.165, 1.54) is 30.3 Å². The molecule has 0 radical (unpaired) electrons. The second kappa shape index (κ2) is 7.68. The third kappa shape index (κ3) is 3.92. The van der Waals surface area contributed by atoms with Gasteiger partial charge >= 0.3 is 5.97 Å². The maximum absolute atomic E-state index is 12.4. The molecule has 2 N–H and O–H groups in total. The van der Waals surface area contributed by atoms with Crippen LogP contribution in [0.5, 0.6) is 0 Å². The van der Waals surface area contributed by atoms with E-state index in [9.17, 15) is 19.5 Å². The van der Waals surface area contributed by atoms with Crippen LogP contribution in [0.15, 0.2) is 42.5 Å². The lowest BCUT2D eigenvalue weighted by molar-refractivity contribution is 0.0642. The van der Waals surface area contributed by atoms with Gasteiger partial charge in [0.25, 0.3) is 5.91 Å². The van der Waals surface area contributed by atoms with Gasteiger partial charge in [-0.15, -0.1) is 0 Å². The highest BCUT2D eigenvalue weighted by Crippen LogP contribution is 2.22. The molecule has 1 aliphatic rings. The summed E-state index contributed by atoms with van der Waals surface area (Å²) in [6.07, 6.45) is 1.15. The number of anilines is 1. The van der Waals surface area contributed by atoms with Crippen molar-refractivity contribution in [1.82, 2.24) is 0 Å². The van der Waals surface area contributed by atoms with E-state index in [1.54, 1.807) is 12.1 Å². The monoisotopic (exact) mass is 373 g/mol. The first kappa shape index (κ1) is 18.1. The summed E-state index contributed by atoms with van der Waals surface area (Å²) in [5, 5.41) is 12.0. The standard InChI is InChI=1S/C19H16ClNO5/c20-13-7-8-15(14(10-13)19(24)25)21-18(23)12-5-3-11(4-6-12)17(22)16-2-1-9-26-16/h3-8,10,16H,1-2,9H2,(H,21,23)(H,24,25). The smallest absolute Gasteiger partial charge is 0.337 e. The lowest BCUT2D eigenvalue weighted by atomic mass is 10.0. The molecule has 134 valence electrons. The molecule has 1 atom stereocenters. The molecule has 7 heteroatoms. The van der Waals surface area contributed by atoms with Crippen molar-refractivity contribution in [2.45, 2.75) is 18.9 Å². The van der Waals surface area contributed by atoms with Gasteiger partial charge < -0.3 is 15.2 Å². The normalized spacial score (nSPS) is 16.3. The Kier molecular flexibility index (Phi) is 5.35. The van der Waals surface area contributed by atoms with Crippen LogP contribution in [0, 0.1) is 0 Å². The number of hydrogen-bond donors (Lipinski definition) is 2. The van der Waals surface area contributed by atoms with Crippen LogP contribution in [0.1, 0.15) is 43.9 Å². The Bertz CT molecular complexity index is 857. The summed E-state index contributed by atoms with van der Waals surface area (Å²) in [6, 6.07) is 10.4. The van der Waals surface area contributed by atoms with E-state index in [1.807, 2.05) is 0 Å². The molecule has 1 aliphatic heterocycles. The van der Waals surface area contributed by atoms with Crippen LogP contribution < -0.4 is 5.32 Å². The number of rotatable bonds is 5. The van der Waals surface area contributed by atoms with Crippen LogP contribution >= 0.6 is 11.6 Å². The number of nitrogens with one attached hydrogen (secondary N) is 1. The molecule has 26 heavy (non-hydrogen) atoms. The van der Waals surface area contributed by atoms with E-state index in [-0.39, 0.29) is 22.1 Å². The molecule has 0 aliphatic carbocycles. The summed E-state index contributed by atoms with van der Waals surface area (Å²) in [5.41, 5.74) is 0.828. The summed E-state index contributed by atoms with van der Waals surface area (Å²) in [6.45, 7) is 0.587. The van der Waals surface area contributed by atoms with Crippen molar-refractivity contribution in [2.75, 3.05) is 11.9 Å². The second-order valence-electron chi connectivity index (χ2n) is 5.89. The Morgan fingerprint density at radius 2 is 1.77 bits per heavy atom. The molecular formula is C19H16ClNO5. The largest absolute Gasteiger partial charge is 0.478 e. The van der Waals surface area contributed by atoms with Crippen LogP contribution in [0.4, 0.5) is 5.69 Å². The molecule has 2 aromatic carbocycles. The maximum atomic E-state index is 12.4. The number of halogens is 1. The summed E-state index contributed by atoms with van der Waals surface area (Å²) in [4.78, 5) is 35.9. The first-order valence-corrected chi connectivity index (χ1v) is 8.43. The zero-order valence-electron chi connectivity index (χ0n) is 13.7. The van der Waals surface area contributed by atoms with Crippen molar-refractivity contribution in [3.8, 4) is 0 Å². The van der Waals surface area contributed by atoms with Gasteiger partial charge in [-0.05, 0) is 43.2 Å². The van der Waals surface area contributed by atoms with Crippen molar-refractivity contribution in [3.05, 3.63) is 64.2 Å². The summed E-state index contributed by atoms with van der Waals surface area (Å²) < 4.78 is 5.38. The molecule has 0 saturated carbocycles. The minimum Gasteiger partial charge on any atom is -0.478 e. The maximum Gasteiger partial charge on any atom is 0.337 e. The average molecular weight is 374 g/mol. The predicted molar refractivity (Wildman–Crippen MR) is 96.1 cm³/mol. The van der Waals surface area contributed by atoms with Crippen LogP contribution in [0.3, 0.4) is 0 Å². The number of ether oxygens (including phenoxy) is 1. The SMILES string of the molecule is O=C(Nc1ccc(Cl)cc1C(=O)O)c1ccc(C(=O)C2CCCO2)cc1. The third-order valence-electron chi connectivity index (χ3n) is 4.11. The minimum absolute atomic E-state index is 0.0969. The number of aromatic carboxylic acids is 1. The molecule has 1 unspecified atom stereocenters. The Labute approximate surface area is 154 Å². The number of hydrogen-bond acceptors (Lipinski definition) is 4. The first-order valence-electron chi connectivity index (χ1n) is 8.06. The molecule has 2 aromatic rings. The van der Waals surface area contributed by atoms with Crippen molar-refractivity contribution in [1.29, 1.82) is 0 Å². The van der Waals surface area contributed by atoms with E-state index >= 15 is 0 Å². The highest BCUT2D eigenvalue weighted by molar-refractivity contribution is 6.31. The fourth-order valence-electron chi connectivity index (χ4n) is 2.75. The number of benzene rings is 2. The van der Waals surface area contributed by atoms with Crippen LogP contribution in [-0.4, -0.2) is 35.5 Å². The fourth-order valence-corrected chi connectivity index (χ4v) is 2.93. The Morgan fingerprint density at radius 1 is 1.08 bits per heavy atom. The lowest BCUT2D eigenvalue weighted by Gasteiger charge is -2.10. The number of ketones is 1. The topological polar surface area (TPSA) is 92.7 Å². The van der Waals surface area contributed by atoms with Gasteiger partial charge in [-0.25, -0.2) is 4.79 Å². The number of amides is 1. The van der Waals surface area contributed by atoms with Crippen molar-refractivity contribution in [3.63, 3.8) is 0 Å². The Hall–Kier alpha value is -2.70. The molecular weight excluding hydrogens is 358 g/mol. The average Bonchev–Trinajstić information content (AvgIpc) is 3.17. The molecule has 1 fully saturated rings. The molecule has 0 bridgehead atoms. The van der Waals surface area contributed by atoms with Crippen LogP contribution in [-0.2, 0) is 4.74 Å². The number of Topliss-reactive ketones (excluding diaryl/α,β-unsaturated/α-hetero) is 1. The van der Waals surface area contributed by atoms with Gasteiger partial charge in [-0.3, -0.25) is 9.59 Å². The predicted octanol–water partition coefficient (Wildman–Crippen LogP) is 3.65. The molecule has 6 nitrogen and oxygen atoms in total. The summed E-state index contributed by atoms with van der Waals surface area (Å²) >= 11 is 5.80. The van der Waals surface area contributed by atoms with Gasteiger partial charge in [0, 0.05) is 22.8 Å². The molecule has 3 rings (SSSR count). The van der Waals surface area contributed by atoms with Gasteiger partial charge in [-0.2, -0.15) is 0 Å². The Morgan fingerprint density at radius 3 is 2.38 bits per heavy atom. The number of carboxylic acid groups (broad SMARTS) is 1. The highest BCUT2D eigenvalue weighted by Gasteiger charge is 2.24. The van der Waals surface area contributed by atoms with E-state index in [4.69, 9.17) is 16.3 Å². The molecule has 0 spiro atoms. The van der Waals surface area contributed by atoms with E-state index in [0.717, 1.165) is 6.42 Å². The van der Waals surface area contributed by atoms with Gasteiger partial charge in [0.2, 0.25) is 0 Å². The molecule has 1 amide bonds. The highest BCUT2D eigenvalue weighted by atomic mass is 35.5. The number of carboxylic acids is 1. The minimum atomic E-state index is -1.19. The molecule has 0 aromatic heterocycles. The number of carbonyl (C=O) groups excluding carboxylic acids is 2. The molecule has 1 saturated heterocycles. The lowest BCUT2D eigenvalue weighted by Crippen LogP contribution is -2.20. The second-order valence-corrected chi connectivity index (χ2v) is 6.33. The van der Waals surface area contributed by atoms with E-state index in [0.29, 0.717) is 24.2 Å². The van der Waals surface area contributed by atoms with Crippen molar-refractivity contribution < 1.29 is 24.2 Å². The van der Waals surface area contributed by atoms with Crippen LogP contribution in [0.2, 0.25) is 5.02 Å². The zero-order valence-corrected chi connectivity index (χ0v) is 14.5. The third-order valence-corrected chi connectivity index (χ3v) is 4.35. The number of carbonyl (C=O) groups is 3. The van der Waals surface area contributed by atoms with Gasteiger partial charge in [0.1, 0.15) is 6.10 Å². The Balaban J connectivity index is 1.74. The zero-order chi connectivity index (χ0) is 18.7. The quantitative estimate of drug-likeness (QED) is 0.780. The fraction of sp³-hybridized carbons (Fsp3) is 0.211. The van der Waals surface area contributed by atoms with Gasteiger partial charge in [0.05, 0.1) is 11.3 Å². The van der Waals surface area contributed by atoms with E-state index in [2.05, 4.69) is 5.32 Å². The van der Waals surface area contributed by atoms with Crippen LogP contribution in [0.25, 0.3) is 0 Å². The summed E-state index contributed by atoms with van der Waals surface area (Å²) in [5.74, 6) is -1.77. The van der Waals surface area contributed by atoms with Gasteiger partial charge in [-0.1, -0.05) is 23.7 Å². The first-order chi connectivity index (χ1) is 12.5. The van der Waals surface area contributed by atoms with E-state index < -0.39 is 18.0 Å².